The Kier molecular flexibility index (Phi) is 5.88. The van der Waals surface area contributed by atoms with Crippen molar-refractivity contribution in [2.45, 2.75) is 6.92 Å². The second-order valence-corrected chi connectivity index (χ2v) is 7.48. The fourth-order valence-corrected chi connectivity index (χ4v) is 3.67. The number of ether oxygens (including phenoxy) is 2. The van der Waals surface area contributed by atoms with Crippen molar-refractivity contribution in [1.29, 1.82) is 5.41 Å². The molecule has 2 heterocycles. The van der Waals surface area contributed by atoms with Crippen LogP contribution in [0.2, 0.25) is 5.02 Å². The third-order valence-corrected chi connectivity index (χ3v) is 5.28. The van der Waals surface area contributed by atoms with Gasteiger partial charge >= 0.3 is 5.97 Å². The van der Waals surface area contributed by atoms with E-state index < -0.39 is 11.9 Å². The molecule has 31 heavy (non-hydrogen) atoms. The molecule has 0 saturated carbocycles. The predicted molar refractivity (Wildman–Crippen MR) is 120 cm³/mol. The Labute approximate surface area is 186 Å². The maximum absolute atomic E-state index is 12.5. The number of fused-ring (bicyclic) bond motifs is 1. The van der Waals surface area contributed by atoms with Crippen LogP contribution in [-0.4, -0.2) is 40.0 Å². The second kappa shape index (κ2) is 8.75. The van der Waals surface area contributed by atoms with Crippen LogP contribution in [0, 0.1) is 5.41 Å². The van der Waals surface area contributed by atoms with Gasteiger partial charge in [-0.3, -0.25) is 10.2 Å². The summed E-state index contributed by atoms with van der Waals surface area (Å²) < 4.78 is 11.1. The number of esters is 1. The standard InChI is InChI=1S/C21H15ClN4O4S/c1-2-29-17-10-12(9-14-18(23)26-21(25-19(14)27)31-11-24-26)7-8-16(17)30-20(28)13-5-3-4-6-15(13)22/h3-11,23H,2H2,1H3. The van der Waals surface area contributed by atoms with Crippen molar-refractivity contribution in [3.63, 3.8) is 0 Å². The van der Waals surface area contributed by atoms with Crippen LogP contribution in [-0.2, 0) is 4.79 Å². The highest BCUT2D eigenvalue weighted by atomic mass is 35.5. The zero-order valence-electron chi connectivity index (χ0n) is 16.2. The Morgan fingerprint density at radius 3 is 2.84 bits per heavy atom. The Morgan fingerprint density at radius 1 is 1.26 bits per heavy atom. The molecule has 0 unspecified atom stereocenters. The number of aliphatic imine (C=N–C) groups is 1. The lowest BCUT2D eigenvalue weighted by molar-refractivity contribution is -0.114. The number of rotatable bonds is 5. The van der Waals surface area contributed by atoms with Crippen molar-refractivity contribution in [1.82, 2.24) is 5.01 Å². The molecule has 0 bridgehead atoms. The summed E-state index contributed by atoms with van der Waals surface area (Å²) in [5.74, 6) is -0.691. The predicted octanol–water partition coefficient (Wildman–Crippen LogP) is 4.21. The van der Waals surface area contributed by atoms with E-state index in [0.717, 1.165) is 0 Å². The number of carbonyl (C=O) groups is 2. The van der Waals surface area contributed by atoms with Gasteiger partial charge < -0.3 is 9.47 Å². The van der Waals surface area contributed by atoms with Crippen LogP contribution in [0.15, 0.2) is 58.1 Å². The van der Waals surface area contributed by atoms with Gasteiger partial charge in [-0.15, -0.1) is 0 Å². The number of nitrogens with one attached hydrogen (secondary N) is 1. The second-order valence-electron chi connectivity index (χ2n) is 6.27. The van der Waals surface area contributed by atoms with Crippen molar-refractivity contribution in [3.05, 3.63) is 64.2 Å². The molecule has 0 aromatic heterocycles. The van der Waals surface area contributed by atoms with Crippen molar-refractivity contribution in [3.8, 4) is 11.5 Å². The number of amidine groups is 2. The summed E-state index contributed by atoms with van der Waals surface area (Å²) in [5, 5.41) is 14.2. The summed E-state index contributed by atoms with van der Waals surface area (Å²) in [6, 6.07) is 11.4. The number of hydrazone groups is 1. The molecule has 0 saturated heterocycles. The Balaban J connectivity index is 1.63. The quantitative estimate of drug-likeness (QED) is 0.412. The molecule has 0 fully saturated rings. The van der Waals surface area contributed by atoms with Gasteiger partial charge in [0.25, 0.3) is 5.91 Å². The molecular weight excluding hydrogens is 440 g/mol. The highest BCUT2D eigenvalue weighted by Crippen LogP contribution is 2.32. The Hall–Kier alpha value is -3.43. The molecule has 10 heteroatoms. The Bertz CT molecular complexity index is 1190. The molecule has 4 rings (SSSR count). The van der Waals surface area contributed by atoms with E-state index in [-0.39, 0.29) is 27.7 Å². The molecule has 2 aliphatic rings. The van der Waals surface area contributed by atoms with Crippen LogP contribution in [0.25, 0.3) is 6.08 Å². The number of hydrogen-bond donors (Lipinski definition) is 1. The maximum atomic E-state index is 12.5. The fraction of sp³-hybridized carbons (Fsp3) is 0.0952. The molecule has 156 valence electrons. The molecule has 2 aliphatic heterocycles. The first-order chi connectivity index (χ1) is 15.0. The van der Waals surface area contributed by atoms with Gasteiger partial charge in [0.15, 0.2) is 22.5 Å². The van der Waals surface area contributed by atoms with Crippen LogP contribution in [0.4, 0.5) is 0 Å². The van der Waals surface area contributed by atoms with Gasteiger partial charge in [-0.1, -0.05) is 29.8 Å². The number of benzene rings is 2. The number of carbonyl (C=O) groups excluding carboxylic acids is 2. The SMILES string of the molecule is CCOc1cc(C=C2C(=N)N3N=CSC3=NC2=O)ccc1OC(=O)c1ccccc1Cl. The summed E-state index contributed by atoms with van der Waals surface area (Å²) in [6.07, 6.45) is 1.52. The van der Waals surface area contributed by atoms with Crippen LogP contribution in [0.5, 0.6) is 11.5 Å². The molecule has 0 atom stereocenters. The van der Waals surface area contributed by atoms with Gasteiger partial charge in [0.1, 0.15) is 0 Å². The molecule has 0 radical (unpaired) electrons. The van der Waals surface area contributed by atoms with E-state index in [4.69, 9.17) is 26.5 Å². The number of hydrogen-bond acceptors (Lipinski definition) is 7. The smallest absolute Gasteiger partial charge is 0.345 e. The van der Waals surface area contributed by atoms with Gasteiger partial charge in [0.05, 0.1) is 28.3 Å². The summed E-state index contributed by atoms with van der Waals surface area (Å²) in [6.45, 7) is 2.13. The highest BCUT2D eigenvalue weighted by molar-refractivity contribution is 8.25. The van der Waals surface area contributed by atoms with Gasteiger partial charge in [-0.2, -0.15) is 15.1 Å². The summed E-state index contributed by atoms with van der Waals surface area (Å²) in [7, 11) is 0. The van der Waals surface area contributed by atoms with E-state index >= 15 is 0 Å². The van der Waals surface area contributed by atoms with Gasteiger partial charge in [-0.05, 0) is 54.6 Å². The fourth-order valence-electron chi connectivity index (χ4n) is 2.85. The maximum Gasteiger partial charge on any atom is 0.345 e. The largest absolute Gasteiger partial charge is 0.490 e. The minimum atomic E-state index is -0.617. The molecule has 0 spiro atoms. The highest BCUT2D eigenvalue weighted by Gasteiger charge is 2.32. The minimum Gasteiger partial charge on any atom is -0.490 e. The van der Waals surface area contributed by atoms with Crippen LogP contribution >= 0.6 is 23.4 Å². The summed E-state index contributed by atoms with van der Waals surface area (Å²) >= 11 is 7.24. The van der Waals surface area contributed by atoms with Gasteiger partial charge in [0, 0.05) is 0 Å². The lowest BCUT2D eigenvalue weighted by Crippen LogP contribution is -2.35. The molecule has 8 nitrogen and oxygen atoms in total. The summed E-state index contributed by atoms with van der Waals surface area (Å²) in [5.41, 5.74) is 2.41. The lowest BCUT2D eigenvalue weighted by Gasteiger charge is -2.20. The zero-order valence-corrected chi connectivity index (χ0v) is 17.7. The van der Waals surface area contributed by atoms with Gasteiger partial charge in [0.2, 0.25) is 0 Å². The van der Waals surface area contributed by atoms with Crippen LogP contribution in [0.3, 0.4) is 0 Å². The number of amides is 1. The molecule has 1 amide bonds. The number of thioether (sulfide) groups is 1. The van der Waals surface area contributed by atoms with Crippen molar-refractivity contribution in [2.75, 3.05) is 6.61 Å². The van der Waals surface area contributed by atoms with Crippen molar-refractivity contribution in [2.24, 2.45) is 10.1 Å². The van der Waals surface area contributed by atoms with E-state index in [1.54, 1.807) is 49.4 Å². The van der Waals surface area contributed by atoms with Crippen LogP contribution < -0.4 is 9.47 Å². The molecule has 2 aromatic carbocycles. The molecule has 2 aromatic rings. The van der Waals surface area contributed by atoms with E-state index in [0.29, 0.717) is 23.1 Å². The first-order valence-corrected chi connectivity index (χ1v) is 10.4. The normalized spacial score (nSPS) is 16.4. The first kappa shape index (κ1) is 20.8. The van der Waals surface area contributed by atoms with E-state index in [9.17, 15) is 9.59 Å². The Morgan fingerprint density at radius 2 is 2.06 bits per heavy atom. The van der Waals surface area contributed by atoms with Crippen LogP contribution in [0.1, 0.15) is 22.8 Å². The average Bonchev–Trinajstić information content (AvgIpc) is 3.22. The van der Waals surface area contributed by atoms with Gasteiger partial charge in [-0.25, -0.2) is 4.79 Å². The third-order valence-electron chi connectivity index (χ3n) is 4.27. The zero-order chi connectivity index (χ0) is 22.0. The van der Waals surface area contributed by atoms with E-state index in [1.165, 1.54) is 28.4 Å². The topological polar surface area (TPSA) is 104 Å². The third kappa shape index (κ3) is 4.23. The number of nitrogens with zero attached hydrogens (tertiary/aromatic N) is 3. The molecular formula is C21H15ClN4O4S. The lowest BCUT2D eigenvalue weighted by atomic mass is 10.1. The molecule has 1 N–H and O–H groups in total. The van der Waals surface area contributed by atoms with E-state index in [2.05, 4.69) is 10.1 Å². The summed E-state index contributed by atoms with van der Waals surface area (Å²) in [4.78, 5) is 28.8. The minimum absolute atomic E-state index is 0.0663. The van der Waals surface area contributed by atoms with E-state index in [1.807, 2.05) is 0 Å². The monoisotopic (exact) mass is 454 g/mol. The molecule has 0 aliphatic carbocycles. The average molecular weight is 455 g/mol. The van der Waals surface area contributed by atoms with Crippen molar-refractivity contribution < 1.29 is 19.1 Å². The number of halogens is 1. The van der Waals surface area contributed by atoms with Crippen molar-refractivity contribution >= 4 is 57.9 Å². The first-order valence-electron chi connectivity index (χ1n) is 9.14.